The molecule has 104 valence electrons. The van der Waals surface area contributed by atoms with Gasteiger partial charge in [0.2, 0.25) is 5.91 Å². The van der Waals surface area contributed by atoms with E-state index in [1.165, 1.54) is 5.69 Å². The van der Waals surface area contributed by atoms with E-state index in [0.717, 1.165) is 32.5 Å². The summed E-state index contributed by atoms with van der Waals surface area (Å²) < 4.78 is 0. The Labute approximate surface area is 115 Å². The molecule has 0 saturated carbocycles. The number of carbonyl (C=O) groups excluding carboxylic acids is 1. The Bertz CT molecular complexity index is 397. The van der Waals surface area contributed by atoms with E-state index in [-0.39, 0.29) is 11.8 Å². The summed E-state index contributed by atoms with van der Waals surface area (Å²) in [7, 11) is 0. The van der Waals surface area contributed by atoms with Crippen molar-refractivity contribution < 1.29 is 4.79 Å². The van der Waals surface area contributed by atoms with Crippen molar-refractivity contribution in [3.05, 3.63) is 24.5 Å². The molecule has 1 fully saturated rings. The summed E-state index contributed by atoms with van der Waals surface area (Å²) in [4.78, 5) is 18.1. The molecule has 0 radical (unpaired) electrons. The van der Waals surface area contributed by atoms with Crippen molar-refractivity contribution in [2.45, 2.75) is 26.7 Å². The fraction of sp³-hybridized carbons (Fsp3) is 0.600. The van der Waals surface area contributed by atoms with Crippen molar-refractivity contribution in [3.8, 4) is 0 Å². The number of carbonyl (C=O) groups is 1. The van der Waals surface area contributed by atoms with Crippen LogP contribution in [0.5, 0.6) is 0 Å². The minimum Gasteiger partial charge on any atom is -0.370 e. The third-order valence-electron chi connectivity index (χ3n) is 3.71. The van der Waals surface area contributed by atoms with Gasteiger partial charge in [-0.15, -0.1) is 0 Å². The number of nitrogens with zero attached hydrogens (tertiary/aromatic N) is 2. The quantitative estimate of drug-likeness (QED) is 0.902. The van der Waals surface area contributed by atoms with E-state index in [4.69, 9.17) is 0 Å². The molecule has 0 bridgehead atoms. The van der Waals surface area contributed by atoms with E-state index in [1.54, 1.807) is 6.20 Å². The van der Waals surface area contributed by atoms with Crippen LogP contribution < -0.4 is 10.2 Å². The zero-order valence-corrected chi connectivity index (χ0v) is 11.8. The lowest BCUT2D eigenvalue weighted by Crippen LogP contribution is -2.39. The third-order valence-corrected chi connectivity index (χ3v) is 3.71. The first-order valence-corrected chi connectivity index (χ1v) is 7.09. The fourth-order valence-electron chi connectivity index (χ4n) is 2.39. The lowest BCUT2D eigenvalue weighted by atomic mass is 9.96. The molecule has 1 aromatic rings. The molecular weight excluding hydrogens is 238 g/mol. The first-order valence-electron chi connectivity index (χ1n) is 7.09. The first kappa shape index (κ1) is 13.8. The number of pyridine rings is 1. The SMILES string of the molecule is CC(C)C(=O)NCC1CCN(c2cccnc2)CC1. The molecule has 4 nitrogen and oxygen atoms in total. The van der Waals surface area contributed by atoms with Crippen molar-refractivity contribution in [1.29, 1.82) is 0 Å². The van der Waals surface area contributed by atoms with Gasteiger partial charge in [-0.05, 0) is 30.9 Å². The number of aromatic nitrogens is 1. The van der Waals surface area contributed by atoms with Gasteiger partial charge in [0.1, 0.15) is 0 Å². The molecule has 1 saturated heterocycles. The molecule has 1 aromatic heterocycles. The summed E-state index contributed by atoms with van der Waals surface area (Å²) >= 11 is 0. The van der Waals surface area contributed by atoms with E-state index in [1.807, 2.05) is 26.1 Å². The maximum Gasteiger partial charge on any atom is 0.222 e. The average molecular weight is 261 g/mol. The van der Waals surface area contributed by atoms with Crippen LogP contribution in [0.3, 0.4) is 0 Å². The highest BCUT2D eigenvalue weighted by Gasteiger charge is 2.20. The molecule has 0 unspecified atom stereocenters. The fourth-order valence-corrected chi connectivity index (χ4v) is 2.39. The maximum absolute atomic E-state index is 11.5. The minimum atomic E-state index is 0.0792. The zero-order valence-electron chi connectivity index (χ0n) is 11.8. The second kappa shape index (κ2) is 6.55. The summed E-state index contributed by atoms with van der Waals surface area (Å²) in [5.41, 5.74) is 1.20. The van der Waals surface area contributed by atoms with Gasteiger partial charge < -0.3 is 10.2 Å². The summed E-state index contributed by atoms with van der Waals surface area (Å²) in [6.45, 7) is 6.78. The van der Waals surface area contributed by atoms with Crippen LogP contribution in [0.15, 0.2) is 24.5 Å². The summed E-state index contributed by atoms with van der Waals surface area (Å²) in [6.07, 6.45) is 5.99. The second-order valence-corrected chi connectivity index (χ2v) is 5.54. The summed E-state index contributed by atoms with van der Waals surface area (Å²) in [6, 6.07) is 4.08. The van der Waals surface area contributed by atoms with E-state index >= 15 is 0 Å². The van der Waals surface area contributed by atoms with Crippen LogP contribution in [0.25, 0.3) is 0 Å². The van der Waals surface area contributed by atoms with Crippen LogP contribution in [-0.4, -0.2) is 30.5 Å². The Hall–Kier alpha value is -1.58. The van der Waals surface area contributed by atoms with E-state index in [0.29, 0.717) is 5.92 Å². The lowest BCUT2D eigenvalue weighted by Gasteiger charge is -2.33. The molecule has 0 aliphatic carbocycles. The molecular formula is C15H23N3O. The molecule has 1 aliphatic rings. The molecule has 0 spiro atoms. The Morgan fingerprint density at radius 2 is 2.21 bits per heavy atom. The van der Waals surface area contributed by atoms with Gasteiger partial charge in [-0.3, -0.25) is 9.78 Å². The van der Waals surface area contributed by atoms with Crippen molar-refractivity contribution in [3.63, 3.8) is 0 Å². The van der Waals surface area contributed by atoms with E-state index in [9.17, 15) is 4.79 Å². The Morgan fingerprint density at radius 3 is 2.79 bits per heavy atom. The highest BCUT2D eigenvalue weighted by Crippen LogP contribution is 2.21. The van der Waals surface area contributed by atoms with Gasteiger partial charge in [-0.1, -0.05) is 13.8 Å². The van der Waals surface area contributed by atoms with Gasteiger partial charge >= 0.3 is 0 Å². The number of hydrogen-bond donors (Lipinski definition) is 1. The lowest BCUT2D eigenvalue weighted by molar-refractivity contribution is -0.124. The minimum absolute atomic E-state index is 0.0792. The topological polar surface area (TPSA) is 45.2 Å². The number of hydrogen-bond acceptors (Lipinski definition) is 3. The van der Waals surface area contributed by atoms with Crippen LogP contribution in [0.2, 0.25) is 0 Å². The third kappa shape index (κ3) is 3.94. The van der Waals surface area contributed by atoms with Gasteiger partial charge in [-0.2, -0.15) is 0 Å². The number of piperidine rings is 1. The Kier molecular flexibility index (Phi) is 4.77. The summed E-state index contributed by atoms with van der Waals surface area (Å²) in [5, 5.41) is 3.04. The number of anilines is 1. The number of rotatable bonds is 4. The molecule has 1 aliphatic heterocycles. The average Bonchev–Trinajstić information content (AvgIpc) is 2.46. The predicted molar refractivity (Wildman–Crippen MR) is 77.0 cm³/mol. The molecule has 2 rings (SSSR count). The molecule has 0 atom stereocenters. The van der Waals surface area contributed by atoms with Crippen LogP contribution >= 0.6 is 0 Å². The van der Waals surface area contributed by atoms with Crippen molar-refractivity contribution >= 4 is 11.6 Å². The smallest absolute Gasteiger partial charge is 0.222 e. The number of nitrogens with one attached hydrogen (secondary N) is 1. The van der Waals surface area contributed by atoms with Crippen LogP contribution in [0.4, 0.5) is 5.69 Å². The monoisotopic (exact) mass is 261 g/mol. The normalized spacial score (nSPS) is 16.7. The summed E-state index contributed by atoms with van der Waals surface area (Å²) in [5.74, 6) is 0.848. The van der Waals surface area contributed by atoms with Gasteiger partial charge in [-0.25, -0.2) is 0 Å². The standard InChI is InChI=1S/C15H23N3O/c1-12(2)15(19)17-10-13-5-8-18(9-6-13)14-4-3-7-16-11-14/h3-4,7,11-13H,5-6,8-10H2,1-2H3,(H,17,19). The number of amides is 1. The molecule has 2 heterocycles. The van der Waals surface area contributed by atoms with Crippen LogP contribution in [0.1, 0.15) is 26.7 Å². The highest BCUT2D eigenvalue weighted by molar-refractivity contribution is 5.77. The highest BCUT2D eigenvalue weighted by atomic mass is 16.1. The Balaban J connectivity index is 1.75. The van der Waals surface area contributed by atoms with Crippen molar-refractivity contribution in [1.82, 2.24) is 10.3 Å². The Morgan fingerprint density at radius 1 is 1.47 bits per heavy atom. The van der Waals surface area contributed by atoms with Gasteiger partial charge in [0.25, 0.3) is 0 Å². The van der Waals surface area contributed by atoms with Gasteiger partial charge in [0, 0.05) is 31.7 Å². The maximum atomic E-state index is 11.5. The second-order valence-electron chi connectivity index (χ2n) is 5.54. The predicted octanol–water partition coefficient (Wildman–Crippen LogP) is 2.07. The van der Waals surface area contributed by atoms with Gasteiger partial charge in [0.15, 0.2) is 0 Å². The van der Waals surface area contributed by atoms with E-state index < -0.39 is 0 Å². The van der Waals surface area contributed by atoms with E-state index in [2.05, 4.69) is 21.3 Å². The molecule has 1 amide bonds. The molecule has 4 heteroatoms. The van der Waals surface area contributed by atoms with Crippen LogP contribution in [0, 0.1) is 11.8 Å². The molecule has 19 heavy (non-hydrogen) atoms. The first-order chi connectivity index (χ1) is 9.16. The van der Waals surface area contributed by atoms with Crippen molar-refractivity contribution in [2.75, 3.05) is 24.5 Å². The molecule has 1 N–H and O–H groups in total. The van der Waals surface area contributed by atoms with Crippen LogP contribution in [-0.2, 0) is 4.79 Å². The molecule has 0 aromatic carbocycles. The largest absolute Gasteiger partial charge is 0.370 e. The zero-order chi connectivity index (χ0) is 13.7. The van der Waals surface area contributed by atoms with Gasteiger partial charge in [0.05, 0.1) is 11.9 Å². The van der Waals surface area contributed by atoms with Crippen molar-refractivity contribution in [2.24, 2.45) is 11.8 Å².